The Morgan fingerprint density at radius 1 is 0.139 bits per heavy atom. The predicted molar refractivity (Wildman–Crippen MR) is 518 cm³/mol. The van der Waals surface area contributed by atoms with Gasteiger partial charge in [-0.05, 0) is 294 Å². The van der Waals surface area contributed by atoms with E-state index in [1.165, 1.54) is 185 Å². The average Bonchev–Trinajstić information content (AvgIpc) is 1.25. The molecule has 2 heterocycles. The van der Waals surface area contributed by atoms with Crippen molar-refractivity contribution in [1.82, 2.24) is 19.1 Å². The van der Waals surface area contributed by atoms with Crippen molar-refractivity contribution in [3.63, 3.8) is 0 Å². The molecule has 4 heteroatoms. The second-order valence-corrected chi connectivity index (χ2v) is 32.3. The minimum absolute atomic E-state index is 0.938. The molecule has 0 aliphatic carbocycles. The smallest absolute Gasteiger partial charge is 0.145 e. The summed E-state index contributed by atoms with van der Waals surface area (Å²) in [6, 6.07) is 164. The van der Waals surface area contributed by atoms with E-state index < -0.39 is 0 Å². The Balaban J connectivity index is 0.000000138. The van der Waals surface area contributed by atoms with Crippen LogP contribution in [-0.2, 0) is 0 Å². The third kappa shape index (κ3) is 12.0. The van der Waals surface area contributed by atoms with E-state index in [2.05, 4.69) is 458 Å². The minimum Gasteiger partial charge on any atom is -0.292 e. The summed E-state index contributed by atoms with van der Waals surface area (Å²) in [6.45, 7) is 0. The number of rotatable bonds is 10. The SMILES string of the molecule is c1ccc(-n2c(-c3ccc4c(ccc5cc(-c6ccc7c(-c8ccc9ccccc9c8)c8ccccc8c(-c8ccc9ccccc9c8)c7c6)ccc54)c3)nc3ccccc32)cc1.c1ccc(-n2c(-c3ccc4cc(-c5ccc6c(-c7ccc8ccccc8c7)c7ccccc7c(-c7ccc8ccccc8c7)c6c5)ccc4c3)nc3ccccc32)cc1. The van der Waals surface area contributed by atoms with Crippen molar-refractivity contribution in [2.75, 3.05) is 0 Å². The molecule has 4 nitrogen and oxygen atoms in total. The lowest BCUT2D eigenvalue weighted by Gasteiger charge is -2.19. The van der Waals surface area contributed by atoms with Crippen LogP contribution >= 0.6 is 0 Å². The fraction of sp³-hybridized carbons (Fsp3) is 0. The number of para-hydroxylation sites is 6. The van der Waals surface area contributed by atoms with Gasteiger partial charge in [0.1, 0.15) is 11.6 Å². The zero-order chi connectivity index (χ0) is 80.3. The first-order chi connectivity index (χ1) is 60.4. The van der Waals surface area contributed by atoms with Crippen molar-refractivity contribution in [2.24, 2.45) is 0 Å². The van der Waals surface area contributed by atoms with Gasteiger partial charge in [-0.3, -0.25) is 9.13 Å². The topological polar surface area (TPSA) is 35.6 Å². The van der Waals surface area contributed by atoms with E-state index in [0.29, 0.717) is 0 Å². The molecular weight excluding hydrogens is 1470 g/mol. The molecule has 0 aliphatic heterocycles. The molecule has 0 aliphatic rings. The zero-order valence-electron chi connectivity index (χ0n) is 66.5. The first-order valence-corrected chi connectivity index (χ1v) is 42.0. The van der Waals surface area contributed by atoms with Crippen LogP contribution in [0, 0.1) is 0 Å². The molecule has 0 atom stereocenters. The molecule has 0 N–H and O–H groups in total. The second kappa shape index (κ2) is 28.9. The maximum absolute atomic E-state index is 5.15. The van der Waals surface area contributed by atoms with Crippen molar-refractivity contribution in [2.45, 2.75) is 0 Å². The molecule has 0 amide bonds. The van der Waals surface area contributed by atoms with E-state index in [1.54, 1.807) is 0 Å². The summed E-state index contributed by atoms with van der Waals surface area (Å²) < 4.78 is 4.54. The first kappa shape index (κ1) is 70.1. The molecule has 25 rings (SSSR count). The van der Waals surface area contributed by atoms with Crippen molar-refractivity contribution in [1.29, 1.82) is 0 Å². The first-order valence-electron chi connectivity index (χ1n) is 42.0. The molecule has 122 heavy (non-hydrogen) atoms. The molecule has 0 spiro atoms. The summed E-state index contributed by atoms with van der Waals surface area (Å²) in [7, 11) is 0. The van der Waals surface area contributed by atoms with Gasteiger partial charge in [0.05, 0.1) is 22.1 Å². The molecule has 2 aromatic heterocycles. The van der Waals surface area contributed by atoms with Crippen LogP contribution in [0.2, 0.25) is 0 Å². The normalized spacial score (nSPS) is 11.8. The number of hydrogen-bond acceptors (Lipinski definition) is 2. The van der Waals surface area contributed by atoms with E-state index in [1.807, 2.05) is 0 Å². The molecule has 25 aromatic rings. The number of aromatic nitrogens is 4. The number of nitrogens with zero attached hydrogens (tertiary/aromatic N) is 4. The Hall–Kier alpha value is -16.1. The molecule has 0 radical (unpaired) electrons. The molecule has 0 unspecified atom stereocenters. The van der Waals surface area contributed by atoms with E-state index >= 15 is 0 Å². The van der Waals surface area contributed by atoms with Gasteiger partial charge < -0.3 is 0 Å². The standard InChI is InChI=1S/C61H38N2.C57H36N2/c1-2-16-50(17-3-1)63-58-21-11-10-20-57(58)62-61(63)49-30-32-52-46(37-49)25-24-45-34-43(28-31-51(45)52)44-29-33-55-56(38-44)60(48-27-23-40-13-5-7-15-42(40)36-48)54-19-9-8-18-53(54)59(55)47-26-22-39-12-4-6-14-41(39)35-47;1-2-16-48(17-3-1)59-54-21-11-10-20-53(54)58-57(59)47-29-26-41-32-42(24-25-43(41)35-47)44-30-31-51-52(36-44)56(46-28-23-38-13-5-7-15-40(38)34-46)50-19-9-8-18-49(50)55(51)45-27-22-37-12-4-6-14-39(37)33-45/h1-38H;1-36H. The third-order valence-electron chi connectivity index (χ3n) is 25.2. The zero-order valence-corrected chi connectivity index (χ0v) is 66.5. The number of benzene rings is 23. The molecule has 566 valence electrons. The maximum atomic E-state index is 5.15. The quantitative estimate of drug-likeness (QED) is 0.101. The van der Waals surface area contributed by atoms with Crippen LogP contribution in [0.3, 0.4) is 0 Å². The Morgan fingerprint density at radius 3 is 0.762 bits per heavy atom. The summed E-state index contributed by atoms with van der Waals surface area (Å²) in [5, 5.41) is 27.2. The van der Waals surface area contributed by atoms with Crippen LogP contribution in [0.25, 0.3) is 241 Å². The highest BCUT2D eigenvalue weighted by atomic mass is 15.1. The fourth-order valence-corrected chi connectivity index (χ4v) is 19.4. The van der Waals surface area contributed by atoms with Gasteiger partial charge in [-0.25, -0.2) is 9.97 Å². The Kier molecular flexibility index (Phi) is 16.6. The van der Waals surface area contributed by atoms with Gasteiger partial charge >= 0.3 is 0 Å². The largest absolute Gasteiger partial charge is 0.292 e. The molecule has 0 saturated carbocycles. The molecule has 0 fully saturated rings. The van der Waals surface area contributed by atoms with Crippen LogP contribution in [0.4, 0.5) is 0 Å². The fourth-order valence-electron chi connectivity index (χ4n) is 19.4. The minimum atomic E-state index is 0.938. The molecule has 23 aromatic carbocycles. The summed E-state index contributed by atoms with van der Waals surface area (Å²) >= 11 is 0. The van der Waals surface area contributed by atoms with Crippen molar-refractivity contribution >= 4 is 141 Å². The van der Waals surface area contributed by atoms with Gasteiger partial charge in [-0.2, -0.15) is 0 Å². The Morgan fingerprint density at radius 2 is 0.369 bits per heavy atom. The van der Waals surface area contributed by atoms with E-state index in [4.69, 9.17) is 9.97 Å². The van der Waals surface area contributed by atoms with E-state index in [-0.39, 0.29) is 0 Å². The summed E-state index contributed by atoms with van der Waals surface area (Å²) in [5.41, 5.74) is 23.3. The number of hydrogen-bond donors (Lipinski definition) is 0. The summed E-state index contributed by atoms with van der Waals surface area (Å²) in [6.07, 6.45) is 0. The molecular formula is C118H74N4. The van der Waals surface area contributed by atoms with Gasteiger partial charge in [0.25, 0.3) is 0 Å². The van der Waals surface area contributed by atoms with Crippen LogP contribution < -0.4 is 0 Å². The highest BCUT2D eigenvalue weighted by Crippen LogP contribution is 2.50. The summed E-state index contributed by atoms with van der Waals surface area (Å²) in [4.78, 5) is 10.3. The lowest BCUT2D eigenvalue weighted by molar-refractivity contribution is 1.10. The third-order valence-corrected chi connectivity index (χ3v) is 25.2. The van der Waals surface area contributed by atoms with E-state index in [9.17, 15) is 0 Å². The Labute approximate surface area is 704 Å². The second-order valence-electron chi connectivity index (χ2n) is 32.3. The van der Waals surface area contributed by atoms with Crippen LogP contribution in [0.5, 0.6) is 0 Å². The van der Waals surface area contributed by atoms with Crippen molar-refractivity contribution in [3.05, 3.63) is 449 Å². The monoisotopic (exact) mass is 1550 g/mol. The van der Waals surface area contributed by atoms with Gasteiger partial charge in [0, 0.05) is 22.5 Å². The average molecular weight is 1550 g/mol. The number of imidazole rings is 2. The van der Waals surface area contributed by atoms with Crippen molar-refractivity contribution < 1.29 is 0 Å². The van der Waals surface area contributed by atoms with E-state index in [0.717, 1.165) is 56.2 Å². The summed E-state index contributed by atoms with van der Waals surface area (Å²) in [5.74, 6) is 1.88. The van der Waals surface area contributed by atoms with Crippen LogP contribution in [0.1, 0.15) is 0 Å². The van der Waals surface area contributed by atoms with Gasteiger partial charge in [-0.1, -0.05) is 340 Å². The molecule has 0 bridgehead atoms. The predicted octanol–water partition coefficient (Wildman–Crippen LogP) is 32.1. The maximum Gasteiger partial charge on any atom is 0.145 e. The molecule has 0 saturated heterocycles. The lowest BCUT2D eigenvalue weighted by Crippen LogP contribution is -1.97. The highest BCUT2D eigenvalue weighted by Gasteiger charge is 2.24. The number of fused-ring (bicyclic) bond motifs is 14. The Bertz CT molecular complexity index is 8590. The van der Waals surface area contributed by atoms with Crippen LogP contribution in [0.15, 0.2) is 449 Å². The van der Waals surface area contributed by atoms with Gasteiger partial charge in [0.2, 0.25) is 0 Å². The van der Waals surface area contributed by atoms with Gasteiger partial charge in [0.15, 0.2) is 0 Å². The highest BCUT2D eigenvalue weighted by molar-refractivity contribution is 6.25. The lowest BCUT2D eigenvalue weighted by atomic mass is 9.84. The van der Waals surface area contributed by atoms with Crippen LogP contribution in [-0.4, -0.2) is 19.1 Å². The van der Waals surface area contributed by atoms with Crippen molar-refractivity contribution in [3.8, 4) is 101 Å². The van der Waals surface area contributed by atoms with Gasteiger partial charge in [-0.15, -0.1) is 0 Å².